The van der Waals surface area contributed by atoms with Crippen LogP contribution in [0.3, 0.4) is 0 Å². The van der Waals surface area contributed by atoms with Crippen LogP contribution in [0.25, 0.3) is 5.65 Å². The molecule has 0 unspecified atom stereocenters. The average molecular weight is 373 g/mol. The lowest BCUT2D eigenvalue weighted by molar-refractivity contribution is -0.122. The van der Waals surface area contributed by atoms with Crippen molar-refractivity contribution in [2.45, 2.75) is 38.3 Å². The predicted molar refractivity (Wildman–Crippen MR) is 92.1 cm³/mol. The Balaban J connectivity index is 1.49. The zero-order valence-electron chi connectivity index (χ0n) is 14.5. The molecule has 2 heterocycles. The molecule has 140 valence electrons. The summed E-state index contributed by atoms with van der Waals surface area (Å²) in [5, 5.41) is 6.84. The maximum absolute atomic E-state index is 13.3. The normalized spacial score (nSPS) is 15.1. The summed E-state index contributed by atoms with van der Waals surface area (Å²) in [6, 6.07) is 4.64. The summed E-state index contributed by atoms with van der Waals surface area (Å²) in [5.74, 6) is -1.97. The average Bonchev–Trinajstić information content (AvgIpc) is 3.43. The van der Waals surface area contributed by atoms with Gasteiger partial charge in [-0.05, 0) is 37.5 Å². The van der Waals surface area contributed by atoms with E-state index in [2.05, 4.69) is 15.4 Å². The summed E-state index contributed by atoms with van der Waals surface area (Å²) in [5.41, 5.74) is 1.30. The number of nitrogens with one attached hydrogen (secondary N) is 1. The SMILES string of the molecule is C[C@H](NC(=O)Cn1nc2cc(C3CC3)ncn2c1=O)c1ccc(F)c(F)c1. The molecule has 3 aromatic rings. The van der Waals surface area contributed by atoms with Crippen molar-refractivity contribution in [3.63, 3.8) is 0 Å². The number of rotatable bonds is 5. The molecule has 1 fully saturated rings. The van der Waals surface area contributed by atoms with Gasteiger partial charge in [0, 0.05) is 17.7 Å². The zero-order chi connectivity index (χ0) is 19.1. The Kier molecular flexibility index (Phi) is 4.21. The Morgan fingerprint density at radius 2 is 2.07 bits per heavy atom. The van der Waals surface area contributed by atoms with Crippen molar-refractivity contribution in [2.24, 2.45) is 0 Å². The fraction of sp³-hybridized carbons (Fsp3) is 0.333. The van der Waals surface area contributed by atoms with E-state index in [-0.39, 0.29) is 6.54 Å². The van der Waals surface area contributed by atoms with Crippen molar-refractivity contribution in [1.82, 2.24) is 24.5 Å². The van der Waals surface area contributed by atoms with Gasteiger partial charge in [-0.15, -0.1) is 5.10 Å². The molecule has 1 aliphatic rings. The highest BCUT2D eigenvalue weighted by molar-refractivity contribution is 5.76. The summed E-state index contributed by atoms with van der Waals surface area (Å²) >= 11 is 0. The van der Waals surface area contributed by atoms with E-state index in [1.165, 1.54) is 16.8 Å². The summed E-state index contributed by atoms with van der Waals surface area (Å²) in [6.07, 6.45) is 3.59. The van der Waals surface area contributed by atoms with Gasteiger partial charge >= 0.3 is 5.69 Å². The summed E-state index contributed by atoms with van der Waals surface area (Å²) in [6.45, 7) is 1.36. The molecule has 0 saturated heterocycles. The fourth-order valence-electron chi connectivity index (χ4n) is 2.93. The predicted octanol–water partition coefficient (Wildman–Crippen LogP) is 1.92. The van der Waals surface area contributed by atoms with Crippen molar-refractivity contribution in [1.29, 1.82) is 0 Å². The van der Waals surface area contributed by atoms with E-state index < -0.39 is 29.3 Å². The monoisotopic (exact) mass is 373 g/mol. The molecule has 0 bridgehead atoms. The number of hydrogen-bond acceptors (Lipinski definition) is 4. The Morgan fingerprint density at radius 3 is 2.78 bits per heavy atom. The van der Waals surface area contributed by atoms with Crippen LogP contribution < -0.4 is 11.0 Å². The van der Waals surface area contributed by atoms with Crippen LogP contribution in [0, 0.1) is 11.6 Å². The molecule has 1 amide bonds. The number of halogens is 2. The molecule has 1 atom stereocenters. The molecule has 0 aliphatic heterocycles. The fourth-order valence-corrected chi connectivity index (χ4v) is 2.93. The Morgan fingerprint density at radius 1 is 1.30 bits per heavy atom. The summed E-state index contributed by atoms with van der Waals surface area (Å²) < 4.78 is 28.7. The van der Waals surface area contributed by atoms with Crippen LogP contribution in [-0.4, -0.2) is 25.1 Å². The van der Waals surface area contributed by atoms with Gasteiger partial charge in [-0.3, -0.25) is 4.79 Å². The minimum Gasteiger partial charge on any atom is -0.348 e. The molecule has 9 heteroatoms. The van der Waals surface area contributed by atoms with Crippen LogP contribution in [0.2, 0.25) is 0 Å². The van der Waals surface area contributed by atoms with Crippen molar-refractivity contribution in [3.8, 4) is 0 Å². The number of nitrogens with zero attached hydrogens (tertiary/aromatic N) is 4. The van der Waals surface area contributed by atoms with Crippen LogP contribution in [0.1, 0.15) is 43.0 Å². The third-order valence-electron chi connectivity index (χ3n) is 4.61. The van der Waals surface area contributed by atoms with Crippen molar-refractivity contribution in [3.05, 3.63) is 64.0 Å². The number of hydrogen-bond donors (Lipinski definition) is 1. The first-order valence-electron chi connectivity index (χ1n) is 8.62. The van der Waals surface area contributed by atoms with Crippen LogP contribution in [0.4, 0.5) is 8.78 Å². The third-order valence-corrected chi connectivity index (χ3v) is 4.61. The number of fused-ring (bicyclic) bond motifs is 1. The lowest BCUT2D eigenvalue weighted by Crippen LogP contribution is -2.34. The molecule has 1 saturated carbocycles. The van der Waals surface area contributed by atoms with Gasteiger partial charge in [0.1, 0.15) is 12.9 Å². The van der Waals surface area contributed by atoms with Gasteiger partial charge in [0.15, 0.2) is 17.3 Å². The van der Waals surface area contributed by atoms with Crippen LogP contribution in [0.5, 0.6) is 0 Å². The van der Waals surface area contributed by atoms with Gasteiger partial charge in [-0.2, -0.15) is 0 Å². The van der Waals surface area contributed by atoms with E-state index in [0.717, 1.165) is 35.4 Å². The number of carbonyl (C=O) groups is 1. The number of aromatic nitrogens is 4. The van der Waals surface area contributed by atoms with Crippen LogP contribution >= 0.6 is 0 Å². The Labute approximate surface area is 152 Å². The maximum Gasteiger partial charge on any atom is 0.352 e. The Hall–Kier alpha value is -3.10. The highest BCUT2D eigenvalue weighted by atomic mass is 19.2. The first kappa shape index (κ1) is 17.3. The molecule has 27 heavy (non-hydrogen) atoms. The quantitative estimate of drug-likeness (QED) is 0.741. The lowest BCUT2D eigenvalue weighted by atomic mass is 10.1. The molecule has 4 rings (SSSR count). The topological polar surface area (TPSA) is 81.3 Å². The molecule has 1 aliphatic carbocycles. The van der Waals surface area contributed by atoms with Crippen molar-refractivity contribution < 1.29 is 13.6 Å². The second-order valence-corrected chi connectivity index (χ2v) is 6.72. The number of carbonyl (C=O) groups excluding carboxylic acids is 1. The molecular weight excluding hydrogens is 356 g/mol. The summed E-state index contributed by atoms with van der Waals surface area (Å²) in [7, 11) is 0. The van der Waals surface area contributed by atoms with Gasteiger partial charge in [-0.25, -0.2) is 27.6 Å². The van der Waals surface area contributed by atoms with Gasteiger partial charge in [0.2, 0.25) is 5.91 Å². The minimum absolute atomic E-state index is 0.284. The summed E-state index contributed by atoms with van der Waals surface area (Å²) in [4.78, 5) is 28.9. The first-order chi connectivity index (χ1) is 12.9. The largest absolute Gasteiger partial charge is 0.352 e. The molecule has 2 aromatic heterocycles. The highest BCUT2D eigenvalue weighted by Crippen LogP contribution is 2.38. The van der Waals surface area contributed by atoms with Gasteiger partial charge in [0.25, 0.3) is 0 Å². The van der Waals surface area contributed by atoms with E-state index in [9.17, 15) is 18.4 Å². The second kappa shape index (κ2) is 6.57. The van der Waals surface area contributed by atoms with E-state index in [1.807, 2.05) is 0 Å². The standard InChI is InChI=1S/C18H17F2N5O2/c1-10(12-4-5-13(19)14(20)6-12)22-17(26)8-25-18(27)24-9-21-15(11-2-3-11)7-16(24)23-25/h4-7,9-11H,2-3,8H2,1H3,(H,22,26)/t10-/m0/s1. The van der Waals surface area contributed by atoms with E-state index in [1.54, 1.807) is 13.0 Å². The van der Waals surface area contributed by atoms with Gasteiger partial charge < -0.3 is 5.32 Å². The van der Waals surface area contributed by atoms with Gasteiger partial charge in [-0.1, -0.05) is 6.07 Å². The molecular formula is C18H17F2N5O2. The lowest BCUT2D eigenvalue weighted by Gasteiger charge is -2.14. The second-order valence-electron chi connectivity index (χ2n) is 6.72. The smallest absolute Gasteiger partial charge is 0.348 e. The Bertz CT molecular complexity index is 1090. The molecule has 0 spiro atoms. The number of amides is 1. The van der Waals surface area contributed by atoms with E-state index in [0.29, 0.717) is 17.1 Å². The van der Waals surface area contributed by atoms with E-state index >= 15 is 0 Å². The van der Waals surface area contributed by atoms with E-state index in [4.69, 9.17) is 0 Å². The number of benzene rings is 1. The van der Waals surface area contributed by atoms with Crippen LogP contribution in [-0.2, 0) is 11.3 Å². The minimum atomic E-state index is -0.982. The molecule has 1 N–H and O–H groups in total. The zero-order valence-corrected chi connectivity index (χ0v) is 14.5. The van der Waals surface area contributed by atoms with Crippen molar-refractivity contribution >= 4 is 11.6 Å². The molecule has 7 nitrogen and oxygen atoms in total. The van der Waals surface area contributed by atoms with Crippen LogP contribution in [0.15, 0.2) is 35.4 Å². The van der Waals surface area contributed by atoms with Crippen molar-refractivity contribution in [2.75, 3.05) is 0 Å². The first-order valence-corrected chi connectivity index (χ1v) is 8.62. The maximum atomic E-state index is 13.3. The molecule has 1 aromatic carbocycles. The van der Waals surface area contributed by atoms with Gasteiger partial charge in [0.05, 0.1) is 6.04 Å². The molecule has 0 radical (unpaired) electrons. The highest BCUT2D eigenvalue weighted by Gasteiger charge is 2.25. The third kappa shape index (κ3) is 3.44.